The van der Waals surface area contributed by atoms with Gasteiger partial charge in [-0.05, 0) is 67.2 Å². The van der Waals surface area contributed by atoms with Crippen LogP contribution in [-0.4, -0.2) is 40.9 Å². The second-order valence-electron chi connectivity index (χ2n) is 6.11. The molecule has 0 spiro atoms. The molecule has 0 saturated carbocycles. The highest BCUT2D eigenvalue weighted by atomic mass is 79.9. The first-order valence-electron chi connectivity index (χ1n) is 8.29. The minimum atomic E-state index is 0.843. The second kappa shape index (κ2) is 8.30. The monoisotopic (exact) mass is 356 g/mol. The Morgan fingerprint density at radius 1 is 1.33 bits per heavy atom. The van der Waals surface area contributed by atoms with Crippen LogP contribution < -0.4 is 5.32 Å². The van der Waals surface area contributed by atoms with E-state index in [2.05, 4.69) is 52.1 Å². The highest BCUT2D eigenvalue weighted by Gasteiger charge is 2.20. The Balaban J connectivity index is 2.03. The van der Waals surface area contributed by atoms with Crippen LogP contribution in [0, 0.1) is 5.92 Å². The van der Waals surface area contributed by atoms with Crippen molar-refractivity contribution >= 4 is 15.9 Å². The Morgan fingerprint density at radius 2 is 2.05 bits per heavy atom. The summed E-state index contributed by atoms with van der Waals surface area (Å²) in [5, 5.41) is 8.08. The van der Waals surface area contributed by atoms with Gasteiger partial charge >= 0.3 is 0 Å². The molecule has 1 fully saturated rings. The third-order valence-corrected chi connectivity index (χ3v) is 5.31. The van der Waals surface area contributed by atoms with Crippen LogP contribution >= 0.6 is 15.9 Å². The molecule has 1 N–H and O–H groups in total. The number of hydrogen-bond acceptors (Lipinski definition) is 3. The van der Waals surface area contributed by atoms with Gasteiger partial charge in [0.15, 0.2) is 0 Å². The van der Waals surface area contributed by atoms with Gasteiger partial charge < -0.3 is 5.32 Å². The predicted octanol–water partition coefficient (Wildman–Crippen LogP) is 2.96. The minimum absolute atomic E-state index is 0.843. The normalized spacial score (nSPS) is 16.8. The number of nitrogens with one attached hydrogen (secondary N) is 1. The Bertz CT molecular complexity index is 438. The largest absolute Gasteiger partial charge is 0.317 e. The molecule has 2 rings (SSSR count). The number of aryl methyl sites for hydroxylation is 2. The van der Waals surface area contributed by atoms with E-state index < -0.39 is 0 Å². The van der Waals surface area contributed by atoms with Gasteiger partial charge in [0.25, 0.3) is 0 Å². The van der Waals surface area contributed by atoms with Crippen molar-refractivity contribution in [3.05, 3.63) is 15.9 Å². The molecule has 0 unspecified atom stereocenters. The van der Waals surface area contributed by atoms with Gasteiger partial charge in [0.2, 0.25) is 0 Å². The van der Waals surface area contributed by atoms with E-state index in [1.54, 1.807) is 0 Å². The molecular formula is C16H29BrN4. The van der Waals surface area contributed by atoms with Gasteiger partial charge in [-0.3, -0.25) is 9.58 Å². The van der Waals surface area contributed by atoms with E-state index in [1.165, 1.54) is 61.3 Å². The molecule has 0 aromatic carbocycles. The lowest BCUT2D eigenvalue weighted by Crippen LogP contribution is -2.36. The van der Waals surface area contributed by atoms with E-state index in [0.29, 0.717) is 0 Å². The molecule has 1 saturated heterocycles. The van der Waals surface area contributed by atoms with Crippen molar-refractivity contribution in [2.75, 3.05) is 26.2 Å². The third kappa shape index (κ3) is 4.54. The highest BCUT2D eigenvalue weighted by Crippen LogP contribution is 2.24. The van der Waals surface area contributed by atoms with E-state index in [-0.39, 0.29) is 0 Å². The lowest BCUT2D eigenvalue weighted by atomic mass is 9.97. The van der Waals surface area contributed by atoms with E-state index in [1.807, 2.05) is 4.68 Å². The predicted molar refractivity (Wildman–Crippen MR) is 91.4 cm³/mol. The maximum absolute atomic E-state index is 4.62. The van der Waals surface area contributed by atoms with Gasteiger partial charge in [0.05, 0.1) is 15.9 Å². The summed E-state index contributed by atoms with van der Waals surface area (Å²) in [6.07, 6.45) is 4.82. The lowest BCUT2D eigenvalue weighted by molar-refractivity contribution is 0.194. The van der Waals surface area contributed by atoms with Gasteiger partial charge in [0.1, 0.15) is 0 Å². The molecule has 5 heteroatoms. The topological polar surface area (TPSA) is 33.1 Å². The Kier molecular flexibility index (Phi) is 6.71. The fraction of sp³-hybridized carbons (Fsp3) is 0.812. The van der Waals surface area contributed by atoms with Crippen molar-refractivity contribution in [2.45, 2.75) is 46.1 Å². The quantitative estimate of drug-likeness (QED) is 0.815. The average molecular weight is 357 g/mol. The summed E-state index contributed by atoms with van der Waals surface area (Å²) in [4.78, 5) is 2.61. The standard InChI is InChI=1S/C16H29BrN4/c1-4-10-21(11-13-6-8-18-9-7-13)12-15-16(17)14(5-2)19-20(15)3/h13,18H,4-12H2,1-3H3. The zero-order chi connectivity index (χ0) is 15.2. The Hall–Kier alpha value is -0.390. The molecule has 0 amide bonds. The van der Waals surface area contributed by atoms with Crippen molar-refractivity contribution in [2.24, 2.45) is 13.0 Å². The van der Waals surface area contributed by atoms with E-state index >= 15 is 0 Å². The molecule has 1 aliphatic rings. The first-order chi connectivity index (χ1) is 10.2. The van der Waals surface area contributed by atoms with Gasteiger partial charge in [0, 0.05) is 20.1 Å². The molecule has 21 heavy (non-hydrogen) atoms. The van der Waals surface area contributed by atoms with Gasteiger partial charge in [-0.25, -0.2) is 0 Å². The summed E-state index contributed by atoms with van der Waals surface area (Å²) in [5.41, 5.74) is 2.49. The smallest absolute Gasteiger partial charge is 0.0767 e. The average Bonchev–Trinajstić information content (AvgIpc) is 2.76. The molecule has 1 aliphatic heterocycles. The van der Waals surface area contributed by atoms with Crippen LogP contribution in [0.5, 0.6) is 0 Å². The van der Waals surface area contributed by atoms with Crippen molar-refractivity contribution in [1.29, 1.82) is 0 Å². The number of piperidine rings is 1. The number of aromatic nitrogens is 2. The number of hydrogen-bond donors (Lipinski definition) is 1. The first kappa shape index (κ1) is 17.0. The molecule has 0 atom stereocenters. The van der Waals surface area contributed by atoms with Crippen molar-refractivity contribution in [1.82, 2.24) is 20.0 Å². The van der Waals surface area contributed by atoms with E-state index in [9.17, 15) is 0 Å². The maximum Gasteiger partial charge on any atom is 0.0767 e. The van der Waals surface area contributed by atoms with Gasteiger partial charge in [-0.2, -0.15) is 5.10 Å². The third-order valence-electron chi connectivity index (χ3n) is 4.39. The summed E-state index contributed by atoms with van der Waals surface area (Å²) >= 11 is 3.75. The fourth-order valence-corrected chi connectivity index (χ4v) is 3.93. The lowest BCUT2D eigenvalue weighted by Gasteiger charge is -2.30. The van der Waals surface area contributed by atoms with Crippen molar-refractivity contribution < 1.29 is 0 Å². The Labute approximate surface area is 137 Å². The summed E-state index contributed by atoms with van der Waals surface area (Å²) in [5.74, 6) is 0.843. The molecule has 0 radical (unpaired) electrons. The van der Waals surface area contributed by atoms with Crippen LogP contribution in [0.1, 0.15) is 44.5 Å². The van der Waals surface area contributed by atoms with Gasteiger partial charge in [-0.15, -0.1) is 0 Å². The minimum Gasteiger partial charge on any atom is -0.317 e. The summed E-state index contributed by atoms with van der Waals surface area (Å²) in [6, 6.07) is 0. The summed E-state index contributed by atoms with van der Waals surface area (Å²) < 4.78 is 3.26. The first-order valence-corrected chi connectivity index (χ1v) is 9.08. The molecule has 0 bridgehead atoms. The maximum atomic E-state index is 4.62. The molecule has 2 heterocycles. The van der Waals surface area contributed by atoms with Crippen LogP contribution in [0.4, 0.5) is 0 Å². The van der Waals surface area contributed by atoms with E-state index in [4.69, 9.17) is 0 Å². The molecule has 4 nitrogen and oxygen atoms in total. The summed E-state index contributed by atoms with van der Waals surface area (Å²) in [6.45, 7) is 10.2. The van der Waals surface area contributed by atoms with Gasteiger partial charge in [-0.1, -0.05) is 13.8 Å². The zero-order valence-electron chi connectivity index (χ0n) is 13.7. The second-order valence-corrected chi connectivity index (χ2v) is 6.91. The molecule has 1 aromatic heterocycles. The number of nitrogens with zero attached hydrogens (tertiary/aromatic N) is 3. The van der Waals surface area contributed by atoms with Crippen LogP contribution in [0.15, 0.2) is 4.47 Å². The van der Waals surface area contributed by atoms with Crippen LogP contribution in [0.3, 0.4) is 0 Å². The zero-order valence-corrected chi connectivity index (χ0v) is 15.2. The number of halogens is 1. The van der Waals surface area contributed by atoms with Crippen molar-refractivity contribution in [3.8, 4) is 0 Å². The van der Waals surface area contributed by atoms with Crippen LogP contribution in [-0.2, 0) is 20.0 Å². The van der Waals surface area contributed by atoms with Crippen LogP contribution in [0.2, 0.25) is 0 Å². The van der Waals surface area contributed by atoms with Crippen molar-refractivity contribution in [3.63, 3.8) is 0 Å². The molecule has 120 valence electrons. The summed E-state index contributed by atoms with van der Waals surface area (Å²) in [7, 11) is 2.06. The molecule has 0 aliphatic carbocycles. The molecular weight excluding hydrogens is 328 g/mol. The number of rotatable bonds is 7. The van der Waals surface area contributed by atoms with E-state index in [0.717, 1.165) is 18.9 Å². The SMILES string of the molecule is CCCN(Cc1c(Br)c(CC)nn1C)CC1CCNCC1. The Morgan fingerprint density at radius 3 is 2.62 bits per heavy atom. The van der Waals surface area contributed by atoms with Crippen LogP contribution in [0.25, 0.3) is 0 Å². The highest BCUT2D eigenvalue weighted by molar-refractivity contribution is 9.10. The fourth-order valence-electron chi connectivity index (χ4n) is 3.18. The molecule has 1 aromatic rings.